The molecule has 174 valence electrons. The van der Waals surface area contributed by atoms with Gasteiger partial charge in [0.1, 0.15) is 36.0 Å². The predicted molar refractivity (Wildman–Crippen MR) is 117 cm³/mol. The first-order valence-corrected chi connectivity index (χ1v) is 11.6. The van der Waals surface area contributed by atoms with E-state index in [1.165, 1.54) is 30.5 Å². The SMILES string of the molecule is O=C(NO)C1Cc2ccoc2CN1S(=O)(=O)c1ccc(Oc2ccc(-n3cnnc3)cc2)cc1. The molecule has 11 nitrogen and oxygen atoms in total. The maximum Gasteiger partial charge on any atom is 0.262 e. The van der Waals surface area contributed by atoms with Crippen LogP contribution in [-0.4, -0.2) is 44.6 Å². The second-order valence-corrected chi connectivity index (χ2v) is 9.44. The number of fused-ring (bicyclic) bond motifs is 1. The summed E-state index contributed by atoms with van der Waals surface area (Å²) in [6, 6.07) is 13.7. The maximum absolute atomic E-state index is 13.3. The van der Waals surface area contributed by atoms with Gasteiger partial charge in [0.25, 0.3) is 5.91 Å². The molecule has 0 fully saturated rings. The van der Waals surface area contributed by atoms with Crippen LogP contribution in [0, 0.1) is 0 Å². The number of nitrogens with one attached hydrogen (secondary N) is 1. The molecule has 0 bridgehead atoms. The van der Waals surface area contributed by atoms with Crippen molar-refractivity contribution in [3.63, 3.8) is 0 Å². The van der Waals surface area contributed by atoms with E-state index < -0.39 is 22.0 Å². The quantitative estimate of drug-likeness (QED) is 0.316. The van der Waals surface area contributed by atoms with Gasteiger partial charge >= 0.3 is 0 Å². The van der Waals surface area contributed by atoms with Gasteiger partial charge in [0.05, 0.1) is 17.7 Å². The Labute approximate surface area is 194 Å². The Hall–Kier alpha value is -4.00. The van der Waals surface area contributed by atoms with Crippen molar-refractivity contribution in [3.05, 3.63) is 84.8 Å². The molecule has 0 radical (unpaired) electrons. The van der Waals surface area contributed by atoms with Crippen molar-refractivity contribution < 1.29 is 27.6 Å². The van der Waals surface area contributed by atoms with Gasteiger partial charge in [-0.2, -0.15) is 4.31 Å². The van der Waals surface area contributed by atoms with Crippen LogP contribution < -0.4 is 10.2 Å². The van der Waals surface area contributed by atoms with Gasteiger partial charge < -0.3 is 9.15 Å². The van der Waals surface area contributed by atoms with E-state index in [2.05, 4.69) is 10.2 Å². The van der Waals surface area contributed by atoms with Crippen molar-refractivity contribution in [2.24, 2.45) is 0 Å². The van der Waals surface area contributed by atoms with Gasteiger partial charge in [0, 0.05) is 12.1 Å². The molecular formula is C22H19N5O6S. The number of amides is 1. The molecule has 2 aromatic heterocycles. The number of ether oxygens (including phenoxy) is 1. The lowest BCUT2D eigenvalue weighted by molar-refractivity contribution is -0.133. The average Bonchev–Trinajstić information content (AvgIpc) is 3.55. The highest BCUT2D eigenvalue weighted by molar-refractivity contribution is 7.89. The molecule has 0 saturated carbocycles. The molecule has 2 aromatic carbocycles. The van der Waals surface area contributed by atoms with Crippen molar-refractivity contribution >= 4 is 15.9 Å². The molecule has 5 rings (SSSR count). The molecule has 3 heterocycles. The molecule has 1 unspecified atom stereocenters. The Morgan fingerprint density at radius 3 is 2.32 bits per heavy atom. The molecule has 1 atom stereocenters. The number of furan rings is 1. The van der Waals surface area contributed by atoms with E-state index in [1.54, 1.807) is 40.9 Å². The molecule has 1 amide bonds. The highest BCUT2D eigenvalue weighted by Crippen LogP contribution is 2.31. The minimum absolute atomic E-state index is 0.0199. The summed E-state index contributed by atoms with van der Waals surface area (Å²) in [6.07, 6.45) is 4.70. The zero-order chi connectivity index (χ0) is 23.7. The Morgan fingerprint density at radius 2 is 1.68 bits per heavy atom. The van der Waals surface area contributed by atoms with Crippen molar-refractivity contribution in [1.29, 1.82) is 0 Å². The standard InChI is InChI=1S/C22H19N5O6S/c28-22(25-29)20-11-15-9-10-32-21(15)12-27(20)34(30,31)19-7-5-18(6-8-19)33-17-3-1-16(2-4-17)26-13-23-24-14-26/h1-10,13-14,20,29H,11-12H2,(H,25,28). The largest absolute Gasteiger partial charge is 0.468 e. The number of carbonyl (C=O) groups is 1. The van der Waals surface area contributed by atoms with Crippen LogP contribution in [0.3, 0.4) is 0 Å². The fraction of sp³-hybridized carbons (Fsp3) is 0.136. The Kier molecular flexibility index (Phi) is 5.61. The van der Waals surface area contributed by atoms with Crippen molar-refractivity contribution in [2.45, 2.75) is 23.9 Å². The smallest absolute Gasteiger partial charge is 0.262 e. The summed E-state index contributed by atoms with van der Waals surface area (Å²) in [5.74, 6) is 0.645. The van der Waals surface area contributed by atoms with E-state index >= 15 is 0 Å². The fourth-order valence-corrected chi connectivity index (χ4v) is 5.31. The number of carbonyl (C=O) groups excluding carboxylic acids is 1. The molecule has 34 heavy (non-hydrogen) atoms. The van der Waals surface area contributed by atoms with Gasteiger partial charge in [0.2, 0.25) is 10.0 Å². The van der Waals surface area contributed by atoms with Crippen LogP contribution in [-0.2, 0) is 27.8 Å². The van der Waals surface area contributed by atoms with Gasteiger partial charge in [-0.3, -0.25) is 14.6 Å². The summed E-state index contributed by atoms with van der Waals surface area (Å²) < 4.78 is 40.6. The predicted octanol–water partition coefficient (Wildman–Crippen LogP) is 2.27. The summed E-state index contributed by atoms with van der Waals surface area (Å²) in [5.41, 5.74) is 3.14. The minimum Gasteiger partial charge on any atom is -0.468 e. The molecule has 1 aliphatic rings. The number of benzene rings is 2. The topological polar surface area (TPSA) is 140 Å². The van der Waals surface area contributed by atoms with Crippen LogP contribution in [0.4, 0.5) is 0 Å². The number of nitrogens with zero attached hydrogens (tertiary/aromatic N) is 4. The monoisotopic (exact) mass is 481 g/mol. The van der Waals surface area contributed by atoms with Crippen molar-refractivity contribution in [3.8, 4) is 17.2 Å². The van der Waals surface area contributed by atoms with Gasteiger partial charge in [0.15, 0.2) is 0 Å². The lowest BCUT2D eigenvalue weighted by Gasteiger charge is -2.32. The van der Waals surface area contributed by atoms with E-state index in [4.69, 9.17) is 14.4 Å². The van der Waals surface area contributed by atoms with E-state index in [1.807, 2.05) is 12.1 Å². The number of rotatable bonds is 6. The molecule has 12 heteroatoms. The van der Waals surface area contributed by atoms with E-state index in [0.717, 1.165) is 15.6 Å². The lowest BCUT2D eigenvalue weighted by Crippen LogP contribution is -2.51. The van der Waals surface area contributed by atoms with Gasteiger partial charge in [-0.05, 0) is 60.2 Å². The fourth-order valence-electron chi connectivity index (χ4n) is 3.77. The number of hydrogen-bond acceptors (Lipinski definition) is 8. The second-order valence-electron chi connectivity index (χ2n) is 7.55. The van der Waals surface area contributed by atoms with Crippen LogP contribution in [0.1, 0.15) is 11.3 Å². The van der Waals surface area contributed by atoms with Gasteiger partial charge in [-0.15, -0.1) is 10.2 Å². The lowest BCUT2D eigenvalue weighted by atomic mass is 10.0. The Balaban J connectivity index is 1.35. The maximum atomic E-state index is 13.3. The number of aromatic nitrogens is 3. The molecule has 0 aliphatic carbocycles. The Morgan fingerprint density at radius 1 is 1.03 bits per heavy atom. The molecule has 0 saturated heterocycles. The summed E-state index contributed by atoms with van der Waals surface area (Å²) in [6.45, 7) is -0.125. The van der Waals surface area contributed by atoms with Crippen LogP contribution in [0.2, 0.25) is 0 Å². The normalized spacial score (nSPS) is 16.1. The molecular weight excluding hydrogens is 462 g/mol. The van der Waals surface area contributed by atoms with Crippen LogP contribution in [0.5, 0.6) is 11.5 Å². The highest BCUT2D eigenvalue weighted by atomic mass is 32.2. The molecule has 4 aromatic rings. The van der Waals surface area contributed by atoms with E-state index in [0.29, 0.717) is 17.3 Å². The minimum atomic E-state index is -4.08. The number of sulfonamides is 1. The third-order valence-electron chi connectivity index (χ3n) is 5.53. The van der Waals surface area contributed by atoms with Crippen LogP contribution in [0.25, 0.3) is 5.69 Å². The van der Waals surface area contributed by atoms with Gasteiger partial charge in [-0.25, -0.2) is 13.9 Å². The summed E-state index contributed by atoms with van der Waals surface area (Å²) in [5, 5.41) is 16.7. The third-order valence-corrected chi connectivity index (χ3v) is 7.40. The number of hydrogen-bond donors (Lipinski definition) is 2. The van der Waals surface area contributed by atoms with Gasteiger partial charge in [-0.1, -0.05) is 0 Å². The number of hydroxylamine groups is 1. The first-order chi connectivity index (χ1) is 16.5. The first-order valence-electron chi connectivity index (χ1n) is 10.2. The molecule has 1 aliphatic heterocycles. The molecule has 2 N–H and O–H groups in total. The van der Waals surface area contributed by atoms with Crippen LogP contribution >= 0.6 is 0 Å². The summed E-state index contributed by atoms with van der Waals surface area (Å²) in [4.78, 5) is 12.2. The summed E-state index contributed by atoms with van der Waals surface area (Å²) >= 11 is 0. The zero-order valence-electron chi connectivity index (χ0n) is 17.6. The second kappa shape index (κ2) is 8.74. The third kappa shape index (κ3) is 4.05. The first kappa shape index (κ1) is 21.8. The summed E-state index contributed by atoms with van der Waals surface area (Å²) in [7, 11) is -4.08. The van der Waals surface area contributed by atoms with Crippen molar-refractivity contribution in [2.75, 3.05) is 0 Å². The highest BCUT2D eigenvalue weighted by Gasteiger charge is 2.40. The zero-order valence-corrected chi connectivity index (χ0v) is 18.4. The molecule has 0 spiro atoms. The van der Waals surface area contributed by atoms with E-state index in [9.17, 15) is 13.2 Å². The van der Waals surface area contributed by atoms with E-state index in [-0.39, 0.29) is 17.9 Å². The van der Waals surface area contributed by atoms with Crippen LogP contribution in [0.15, 0.2) is 82.8 Å². The van der Waals surface area contributed by atoms with Crippen molar-refractivity contribution in [1.82, 2.24) is 24.5 Å². The average molecular weight is 481 g/mol. The Bertz CT molecular complexity index is 1400.